The molecular formula is C12H9BrClN3O. The van der Waals surface area contributed by atoms with E-state index in [9.17, 15) is 4.79 Å². The van der Waals surface area contributed by atoms with Crippen molar-refractivity contribution in [3.8, 4) is 0 Å². The minimum absolute atomic E-state index is 0.169. The Morgan fingerprint density at radius 1 is 1.39 bits per heavy atom. The molecule has 0 atom stereocenters. The van der Waals surface area contributed by atoms with Gasteiger partial charge in [0.1, 0.15) is 5.82 Å². The van der Waals surface area contributed by atoms with Crippen LogP contribution in [0.25, 0.3) is 0 Å². The number of nitrogens with two attached hydrogens (primary N) is 1. The Morgan fingerprint density at radius 3 is 2.83 bits per heavy atom. The van der Waals surface area contributed by atoms with Gasteiger partial charge >= 0.3 is 0 Å². The highest BCUT2D eigenvalue weighted by atomic mass is 79.9. The van der Waals surface area contributed by atoms with Crippen molar-refractivity contribution in [3.63, 3.8) is 0 Å². The van der Waals surface area contributed by atoms with Gasteiger partial charge in [0, 0.05) is 10.7 Å². The van der Waals surface area contributed by atoms with Gasteiger partial charge in [0.05, 0.1) is 16.3 Å². The van der Waals surface area contributed by atoms with E-state index in [1.54, 1.807) is 30.3 Å². The van der Waals surface area contributed by atoms with Gasteiger partial charge in [-0.15, -0.1) is 0 Å². The van der Waals surface area contributed by atoms with E-state index in [-0.39, 0.29) is 11.7 Å². The van der Waals surface area contributed by atoms with Crippen molar-refractivity contribution in [2.24, 2.45) is 0 Å². The molecule has 0 aliphatic rings. The first-order chi connectivity index (χ1) is 8.58. The Labute approximate surface area is 117 Å². The van der Waals surface area contributed by atoms with Gasteiger partial charge in [-0.05, 0) is 34.1 Å². The van der Waals surface area contributed by atoms with E-state index >= 15 is 0 Å². The molecule has 0 radical (unpaired) electrons. The van der Waals surface area contributed by atoms with Crippen LogP contribution in [-0.4, -0.2) is 10.9 Å². The molecule has 0 aliphatic heterocycles. The number of para-hydroxylation sites is 1. The van der Waals surface area contributed by atoms with Crippen LogP contribution < -0.4 is 11.1 Å². The Hall–Kier alpha value is -1.59. The van der Waals surface area contributed by atoms with E-state index in [0.717, 1.165) is 0 Å². The molecule has 18 heavy (non-hydrogen) atoms. The number of pyridine rings is 1. The molecule has 1 aromatic heterocycles. The molecule has 92 valence electrons. The summed E-state index contributed by atoms with van der Waals surface area (Å²) in [4.78, 5) is 15.9. The van der Waals surface area contributed by atoms with E-state index in [1.165, 1.54) is 6.20 Å². The lowest BCUT2D eigenvalue weighted by molar-refractivity contribution is 0.102. The third kappa shape index (κ3) is 2.80. The number of benzene rings is 1. The van der Waals surface area contributed by atoms with Gasteiger partial charge in [-0.3, -0.25) is 4.79 Å². The first-order valence-corrected chi connectivity index (χ1v) is 6.22. The third-order valence-electron chi connectivity index (χ3n) is 2.25. The molecule has 4 nitrogen and oxygen atoms in total. The quantitative estimate of drug-likeness (QED) is 0.889. The average Bonchev–Trinajstić information content (AvgIpc) is 2.35. The number of nitrogen functional groups attached to an aromatic ring is 1. The molecule has 1 aromatic carbocycles. The summed E-state index contributed by atoms with van der Waals surface area (Å²) < 4.78 is 0.681. The highest BCUT2D eigenvalue weighted by Crippen LogP contribution is 2.22. The molecule has 0 fully saturated rings. The summed E-state index contributed by atoms with van der Waals surface area (Å²) in [6.45, 7) is 0. The maximum absolute atomic E-state index is 12.0. The molecule has 0 bridgehead atoms. The lowest BCUT2D eigenvalue weighted by atomic mass is 10.2. The van der Waals surface area contributed by atoms with Crippen molar-refractivity contribution in [3.05, 3.63) is 51.6 Å². The molecule has 0 saturated carbocycles. The fourth-order valence-electron chi connectivity index (χ4n) is 1.38. The van der Waals surface area contributed by atoms with Gasteiger partial charge in [0.25, 0.3) is 5.91 Å². The molecule has 0 spiro atoms. The molecule has 6 heteroatoms. The maximum atomic E-state index is 12.0. The number of nitrogens with one attached hydrogen (secondary N) is 1. The zero-order valence-electron chi connectivity index (χ0n) is 9.15. The van der Waals surface area contributed by atoms with Gasteiger partial charge in [-0.25, -0.2) is 4.98 Å². The summed E-state index contributed by atoms with van der Waals surface area (Å²) in [5, 5.41) is 3.15. The van der Waals surface area contributed by atoms with Crippen LogP contribution in [0.2, 0.25) is 5.02 Å². The van der Waals surface area contributed by atoms with Crippen molar-refractivity contribution in [2.75, 3.05) is 11.1 Å². The first-order valence-electron chi connectivity index (χ1n) is 5.05. The summed E-state index contributed by atoms with van der Waals surface area (Å²) in [7, 11) is 0. The van der Waals surface area contributed by atoms with Gasteiger partial charge < -0.3 is 11.1 Å². The van der Waals surface area contributed by atoms with E-state index in [0.29, 0.717) is 20.7 Å². The molecule has 1 heterocycles. The number of anilines is 2. The van der Waals surface area contributed by atoms with Crippen molar-refractivity contribution in [2.45, 2.75) is 0 Å². The molecule has 2 aromatic rings. The van der Waals surface area contributed by atoms with Crippen molar-refractivity contribution in [1.29, 1.82) is 0 Å². The molecule has 1 amide bonds. The van der Waals surface area contributed by atoms with Crippen LogP contribution in [0, 0.1) is 0 Å². The second-order valence-corrected chi connectivity index (χ2v) is 4.84. The Morgan fingerprint density at radius 2 is 2.11 bits per heavy atom. The SMILES string of the molecule is Nc1ncc(Br)cc1C(=O)Nc1ccccc1Cl. The number of nitrogens with zero attached hydrogens (tertiary/aromatic N) is 1. The number of amides is 1. The molecule has 3 N–H and O–H groups in total. The smallest absolute Gasteiger partial charge is 0.259 e. The number of carbonyl (C=O) groups excluding carboxylic acids is 1. The van der Waals surface area contributed by atoms with Crippen molar-refractivity contribution < 1.29 is 4.79 Å². The summed E-state index contributed by atoms with van der Waals surface area (Å²) >= 11 is 9.20. The first kappa shape index (κ1) is 12.9. The van der Waals surface area contributed by atoms with Crippen LogP contribution in [0.4, 0.5) is 11.5 Å². The number of hydrogen-bond acceptors (Lipinski definition) is 3. The highest BCUT2D eigenvalue weighted by Gasteiger charge is 2.12. The maximum Gasteiger partial charge on any atom is 0.259 e. The second kappa shape index (κ2) is 5.37. The zero-order valence-corrected chi connectivity index (χ0v) is 11.5. The molecule has 2 rings (SSSR count). The molecule has 0 aliphatic carbocycles. The number of rotatable bonds is 2. The molecule has 0 unspecified atom stereocenters. The predicted molar refractivity (Wildman–Crippen MR) is 75.8 cm³/mol. The minimum Gasteiger partial charge on any atom is -0.383 e. The number of aromatic nitrogens is 1. The van der Waals surface area contributed by atoms with Crippen molar-refractivity contribution in [1.82, 2.24) is 4.98 Å². The predicted octanol–water partition coefficient (Wildman–Crippen LogP) is 3.33. The second-order valence-electron chi connectivity index (χ2n) is 3.52. The Kier molecular flexibility index (Phi) is 3.84. The normalized spacial score (nSPS) is 10.1. The van der Waals surface area contributed by atoms with Gasteiger partial charge in [-0.2, -0.15) is 0 Å². The van der Waals surface area contributed by atoms with Crippen molar-refractivity contribution >= 4 is 44.9 Å². The number of hydrogen-bond donors (Lipinski definition) is 2. The third-order valence-corrected chi connectivity index (χ3v) is 3.02. The van der Waals surface area contributed by atoms with E-state index in [4.69, 9.17) is 17.3 Å². The van der Waals surface area contributed by atoms with E-state index in [2.05, 4.69) is 26.2 Å². The number of halogens is 2. The topological polar surface area (TPSA) is 68.0 Å². The van der Waals surface area contributed by atoms with Gasteiger partial charge in [-0.1, -0.05) is 23.7 Å². The van der Waals surface area contributed by atoms with Crippen LogP contribution in [0.1, 0.15) is 10.4 Å². The molecule has 0 saturated heterocycles. The van der Waals surface area contributed by atoms with Crippen LogP contribution in [-0.2, 0) is 0 Å². The fraction of sp³-hybridized carbons (Fsp3) is 0. The lowest BCUT2D eigenvalue weighted by Gasteiger charge is -2.08. The minimum atomic E-state index is -0.352. The summed E-state index contributed by atoms with van der Waals surface area (Å²) in [6, 6.07) is 8.58. The average molecular weight is 327 g/mol. The zero-order chi connectivity index (χ0) is 13.1. The van der Waals surface area contributed by atoms with Gasteiger partial charge in [0.15, 0.2) is 0 Å². The monoisotopic (exact) mass is 325 g/mol. The fourth-order valence-corrected chi connectivity index (χ4v) is 1.90. The summed E-state index contributed by atoms with van der Waals surface area (Å²) in [5.41, 5.74) is 6.48. The van der Waals surface area contributed by atoms with Gasteiger partial charge in [0.2, 0.25) is 0 Å². The highest BCUT2D eigenvalue weighted by molar-refractivity contribution is 9.10. The Balaban J connectivity index is 2.28. The lowest BCUT2D eigenvalue weighted by Crippen LogP contribution is -2.15. The molecular weight excluding hydrogens is 318 g/mol. The largest absolute Gasteiger partial charge is 0.383 e. The summed E-state index contributed by atoms with van der Waals surface area (Å²) in [5.74, 6) is -0.183. The van der Waals surface area contributed by atoms with E-state index < -0.39 is 0 Å². The van der Waals surface area contributed by atoms with Crippen LogP contribution in [0.5, 0.6) is 0 Å². The van der Waals surface area contributed by atoms with E-state index in [1.807, 2.05) is 0 Å². The summed E-state index contributed by atoms with van der Waals surface area (Å²) in [6.07, 6.45) is 1.53. The van der Waals surface area contributed by atoms with Crippen LogP contribution in [0.15, 0.2) is 41.0 Å². The Bertz CT molecular complexity index is 604. The number of carbonyl (C=O) groups is 1. The standard InChI is InChI=1S/C12H9BrClN3O/c13-7-5-8(11(15)16-6-7)12(18)17-10-4-2-1-3-9(10)14/h1-6H,(H2,15,16)(H,17,18). The van der Waals surface area contributed by atoms with Crippen LogP contribution in [0.3, 0.4) is 0 Å². The van der Waals surface area contributed by atoms with Crippen LogP contribution >= 0.6 is 27.5 Å².